The fourth-order valence-corrected chi connectivity index (χ4v) is 4.29. The summed E-state index contributed by atoms with van der Waals surface area (Å²) in [6.45, 7) is 1.92. The maximum absolute atomic E-state index is 10.9. The molecule has 1 saturated carbocycles. The molecule has 2 N–H and O–H groups in total. The molecule has 1 fully saturated rings. The number of halogens is 2. The lowest BCUT2D eigenvalue weighted by molar-refractivity contribution is -0.107. The van der Waals surface area contributed by atoms with Gasteiger partial charge in [0, 0.05) is 14.9 Å². The predicted octanol–water partition coefficient (Wildman–Crippen LogP) is 3.46. The summed E-state index contributed by atoms with van der Waals surface area (Å²) < 4.78 is 0.860. The Morgan fingerprint density at radius 3 is 2.53 bits per heavy atom. The van der Waals surface area contributed by atoms with Crippen LogP contribution in [0.1, 0.15) is 25.3 Å². The first kappa shape index (κ1) is 15.5. The standard InChI is InChI=1S/C15H20ClIO2/c1-14(9-17)7-6-12(15(14,19)10-18)8-11-2-4-13(16)5-3-11/h2-5,12,18-19H,6-10H2,1H3/t12-,14?,15-/m1/s1. The van der Waals surface area contributed by atoms with Crippen molar-refractivity contribution in [2.45, 2.75) is 31.8 Å². The summed E-state index contributed by atoms with van der Waals surface area (Å²) in [5, 5.41) is 21.4. The minimum absolute atomic E-state index is 0.110. The van der Waals surface area contributed by atoms with Gasteiger partial charge in [-0.1, -0.05) is 53.2 Å². The summed E-state index contributed by atoms with van der Waals surface area (Å²) >= 11 is 8.20. The molecule has 19 heavy (non-hydrogen) atoms. The number of hydrogen-bond acceptors (Lipinski definition) is 2. The summed E-state index contributed by atoms with van der Waals surface area (Å²) in [6, 6.07) is 7.75. The lowest BCUT2D eigenvalue weighted by Gasteiger charge is -2.40. The number of aliphatic hydroxyl groups excluding tert-OH is 1. The second kappa shape index (κ2) is 5.88. The van der Waals surface area contributed by atoms with Crippen molar-refractivity contribution in [3.63, 3.8) is 0 Å². The van der Waals surface area contributed by atoms with Crippen LogP contribution in [0.2, 0.25) is 5.02 Å². The smallest absolute Gasteiger partial charge is 0.0968 e. The highest BCUT2D eigenvalue weighted by atomic mass is 127. The molecular formula is C15H20ClIO2. The van der Waals surface area contributed by atoms with Gasteiger partial charge in [-0.15, -0.1) is 0 Å². The van der Waals surface area contributed by atoms with Gasteiger partial charge in [0.2, 0.25) is 0 Å². The van der Waals surface area contributed by atoms with Crippen LogP contribution >= 0.6 is 34.2 Å². The molecule has 0 heterocycles. The van der Waals surface area contributed by atoms with E-state index in [-0.39, 0.29) is 17.9 Å². The molecule has 0 aromatic heterocycles. The zero-order valence-electron chi connectivity index (χ0n) is 11.1. The van der Waals surface area contributed by atoms with E-state index in [1.807, 2.05) is 24.3 Å². The van der Waals surface area contributed by atoms with Crippen LogP contribution in [0.3, 0.4) is 0 Å². The van der Waals surface area contributed by atoms with E-state index in [9.17, 15) is 10.2 Å². The zero-order valence-corrected chi connectivity index (χ0v) is 14.0. The van der Waals surface area contributed by atoms with E-state index in [1.54, 1.807) is 0 Å². The first-order chi connectivity index (χ1) is 8.95. The SMILES string of the molecule is CC1(CI)CC[C@H](Cc2ccc(Cl)cc2)[C@]1(O)CO. The van der Waals surface area contributed by atoms with E-state index in [0.717, 1.165) is 28.7 Å². The lowest BCUT2D eigenvalue weighted by atomic mass is 9.73. The van der Waals surface area contributed by atoms with E-state index >= 15 is 0 Å². The zero-order chi connectivity index (χ0) is 14.1. The van der Waals surface area contributed by atoms with Crippen molar-refractivity contribution in [1.82, 2.24) is 0 Å². The number of rotatable bonds is 4. The second-order valence-corrected chi connectivity index (χ2v) is 7.04. The van der Waals surface area contributed by atoms with E-state index in [1.165, 1.54) is 5.56 Å². The first-order valence-corrected chi connectivity index (χ1v) is 8.49. The third-order valence-electron chi connectivity index (χ3n) is 4.70. The molecule has 3 atom stereocenters. The Morgan fingerprint density at radius 1 is 1.37 bits per heavy atom. The van der Waals surface area contributed by atoms with Gasteiger partial charge in [-0.25, -0.2) is 0 Å². The van der Waals surface area contributed by atoms with Crippen LogP contribution in [0.5, 0.6) is 0 Å². The topological polar surface area (TPSA) is 40.5 Å². The van der Waals surface area contributed by atoms with Crippen LogP contribution in [0, 0.1) is 11.3 Å². The fourth-order valence-electron chi connectivity index (χ4n) is 3.12. The molecule has 0 amide bonds. The van der Waals surface area contributed by atoms with Gasteiger partial charge in [0.15, 0.2) is 0 Å². The molecule has 106 valence electrons. The molecule has 0 radical (unpaired) electrons. The Balaban J connectivity index is 2.19. The quantitative estimate of drug-likeness (QED) is 0.606. The Kier molecular flexibility index (Phi) is 4.81. The van der Waals surface area contributed by atoms with Gasteiger partial charge < -0.3 is 10.2 Å². The van der Waals surface area contributed by atoms with Gasteiger partial charge in [0.25, 0.3) is 0 Å². The lowest BCUT2D eigenvalue weighted by Crippen LogP contribution is -2.51. The van der Waals surface area contributed by atoms with Gasteiger partial charge in [0.05, 0.1) is 12.2 Å². The van der Waals surface area contributed by atoms with Crippen LogP contribution in [-0.2, 0) is 6.42 Å². The maximum Gasteiger partial charge on any atom is 0.0968 e. The summed E-state index contributed by atoms with van der Waals surface area (Å²) in [5.41, 5.74) is -0.00766. The molecule has 1 aliphatic rings. The Labute approximate surface area is 133 Å². The highest BCUT2D eigenvalue weighted by Gasteiger charge is 2.55. The summed E-state index contributed by atoms with van der Waals surface area (Å²) in [4.78, 5) is 0. The summed E-state index contributed by atoms with van der Waals surface area (Å²) in [7, 11) is 0. The normalized spacial score (nSPS) is 34.7. The van der Waals surface area contributed by atoms with Crippen LogP contribution in [0.15, 0.2) is 24.3 Å². The van der Waals surface area contributed by atoms with Gasteiger partial charge >= 0.3 is 0 Å². The van der Waals surface area contributed by atoms with Gasteiger partial charge in [-0.05, 0) is 42.9 Å². The van der Waals surface area contributed by atoms with Crippen molar-refractivity contribution >= 4 is 34.2 Å². The van der Waals surface area contributed by atoms with E-state index in [2.05, 4.69) is 29.5 Å². The van der Waals surface area contributed by atoms with Crippen molar-refractivity contribution in [2.75, 3.05) is 11.0 Å². The Bertz CT molecular complexity index is 436. The molecule has 1 aliphatic carbocycles. The maximum atomic E-state index is 10.9. The van der Waals surface area contributed by atoms with E-state index in [0.29, 0.717) is 0 Å². The molecule has 0 aliphatic heterocycles. The molecule has 2 rings (SSSR count). The second-order valence-electron chi connectivity index (χ2n) is 5.84. The molecular weight excluding hydrogens is 375 g/mol. The van der Waals surface area contributed by atoms with Gasteiger partial charge in [0.1, 0.15) is 0 Å². The Hall–Kier alpha value is 0.160. The molecule has 1 aromatic rings. The van der Waals surface area contributed by atoms with Crippen molar-refractivity contribution < 1.29 is 10.2 Å². The first-order valence-electron chi connectivity index (χ1n) is 6.59. The van der Waals surface area contributed by atoms with Crippen molar-refractivity contribution in [1.29, 1.82) is 0 Å². The van der Waals surface area contributed by atoms with Crippen molar-refractivity contribution in [3.8, 4) is 0 Å². The molecule has 1 aromatic carbocycles. The molecule has 0 bridgehead atoms. The van der Waals surface area contributed by atoms with Gasteiger partial charge in [-0.3, -0.25) is 0 Å². The third-order valence-corrected chi connectivity index (χ3v) is 6.63. The monoisotopic (exact) mass is 394 g/mol. The largest absolute Gasteiger partial charge is 0.393 e. The average Bonchev–Trinajstić information content (AvgIpc) is 2.67. The number of benzene rings is 1. The summed E-state index contributed by atoms with van der Waals surface area (Å²) in [5.74, 6) is 0.110. The molecule has 4 heteroatoms. The van der Waals surface area contributed by atoms with Crippen molar-refractivity contribution in [2.24, 2.45) is 11.3 Å². The van der Waals surface area contributed by atoms with Crippen LogP contribution in [0.25, 0.3) is 0 Å². The van der Waals surface area contributed by atoms with Crippen LogP contribution in [0.4, 0.5) is 0 Å². The van der Waals surface area contributed by atoms with E-state index < -0.39 is 5.60 Å². The van der Waals surface area contributed by atoms with Crippen LogP contribution in [-0.4, -0.2) is 26.8 Å². The van der Waals surface area contributed by atoms with Crippen LogP contribution < -0.4 is 0 Å². The van der Waals surface area contributed by atoms with Gasteiger partial charge in [-0.2, -0.15) is 0 Å². The minimum atomic E-state index is -0.978. The number of hydrogen-bond donors (Lipinski definition) is 2. The molecule has 1 unspecified atom stereocenters. The third kappa shape index (κ3) is 2.80. The molecule has 0 spiro atoms. The fraction of sp³-hybridized carbons (Fsp3) is 0.600. The predicted molar refractivity (Wildman–Crippen MR) is 86.9 cm³/mol. The summed E-state index contributed by atoms with van der Waals surface area (Å²) in [6.07, 6.45) is 2.71. The number of alkyl halides is 1. The highest BCUT2D eigenvalue weighted by Crippen LogP contribution is 2.51. The Morgan fingerprint density at radius 2 is 2.00 bits per heavy atom. The highest BCUT2D eigenvalue weighted by molar-refractivity contribution is 14.1. The van der Waals surface area contributed by atoms with E-state index in [4.69, 9.17) is 11.6 Å². The molecule has 2 nitrogen and oxygen atoms in total. The van der Waals surface area contributed by atoms with Crippen molar-refractivity contribution in [3.05, 3.63) is 34.9 Å². The molecule has 0 saturated heterocycles. The average molecular weight is 395 g/mol. The minimum Gasteiger partial charge on any atom is -0.393 e. The number of aliphatic hydroxyl groups is 2.